The molecular formula is C27H29FN6O2. The molecule has 186 valence electrons. The van der Waals surface area contributed by atoms with Crippen LogP contribution >= 0.6 is 0 Å². The van der Waals surface area contributed by atoms with Gasteiger partial charge in [-0.1, -0.05) is 12.1 Å². The zero-order valence-corrected chi connectivity index (χ0v) is 20.5. The van der Waals surface area contributed by atoms with Crippen LogP contribution in [-0.2, 0) is 0 Å². The lowest BCUT2D eigenvalue weighted by Gasteiger charge is -2.20. The van der Waals surface area contributed by atoms with Gasteiger partial charge in [-0.15, -0.1) is 5.10 Å². The second-order valence-corrected chi connectivity index (χ2v) is 9.95. The number of aromatic nitrogens is 3. The first-order valence-corrected chi connectivity index (χ1v) is 11.9. The van der Waals surface area contributed by atoms with E-state index in [1.165, 1.54) is 12.1 Å². The highest BCUT2D eigenvalue weighted by atomic mass is 19.1. The fourth-order valence-electron chi connectivity index (χ4n) is 3.87. The van der Waals surface area contributed by atoms with E-state index >= 15 is 0 Å². The maximum atomic E-state index is 13.7. The number of nitrogens with one attached hydrogen (secondary N) is 2. The van der Waals surface area contributed by atoms with Crippen LogP contribution in [-0.4, -0.2) is 38.6 Å². The predicted molar refractivity (Wildman–Crippen MR) is 137 cm³/mol. The number of fused-ring (bicyclic) bond motifs is 1. The van der Waals surface area contributed by atoms with Crippen molar-refractivity contribution in [2.24, 2.45) is 5.73 Å². The van der Waals surface area contributed by atoms with Crippen molar-refractivity contribution < 1.29 is 13.9 Å². The van der Waals surface area contributed by atoms with Crippen LogP contribution in [0, 0.1) is 12.7 Å². The van der Waals surface area contributed by atoms with Gasteiger partial charge in [-0.05, 0) is 63.4 Å². The molecule has 2 aromatic heterocycles. The number of nitrogens with zero attached hydrogens (tertiary/aromatic N) is 3. The molecule has 1 saturated carbocycles. The molecule has 0 spiro atoms. The van der Waals surface area contributed by atoms with Gasteiger partial charge in [0.2, 0.25) is 5.88 Å². The van der Waals surface area contributed by atoms with Gasteiger partial charge in [0, 0.05) is 41.4 Å². The number of nitrogens with two attached hydrogens (primary N) is 1. The Balaban J connectivity index is 1.54. The van der Waals surface area contributed by atoms with Crippen LogP contribution in [0.5, 0.6) is 11.6 Å². The third-order valence-corrected chi connectivity index (χ3v) is 5.88. The number of imidazole rings is 1. The van der Waals surface area contributed by atoms with Gasteiger partial charge >= 0.3 is 0 Å². The first kappa shape index (κ1) is 23.7. The van der Waals surface area contributed by atoms with Crippen LogP contribution < -0.4 is 21.1 Å². The third kappa shape index (κ3) is 5.31. The Bertz CT molecular complexity index is 1440. The van der Waals surface area contributed by atoms with Crippen molar-refractivity contribution in [1.29, 1.82) is 0 Å². The smallest absolute Gasteiger partial charge is 0.251 e. The molecule has 0 aliphatic heterocycles. The zero-order valence-electron chi connectivity index (χ0n) is 20.5. The van der Waals surface area contributed by atoms with E-state index in [2.05, 4.69) is 20.7 Å². The highest BCUT2D eigenvalue weighted by Crippen LogP contribution is 2.30. The summed E-state index contributed by atoms with van der Waals surface area (Å²) in [6.45, 7) is 6.24. The maximum absolute atomic E-state index is 13.7. The highest BCUT2D eigenvalue weighted by molar-refractivity contribution is 5.96. The predicted octanol–water partition coefficient (Wildman–Crippen LogP) is 4.68. The number of carbonyl (C=O) groups excluding carboxylic acids is 1. The number of hydrogen-bond acceptors (Lipinski definition) is 6. The molecule has 4 aromatic rings. The van der Waals surface area contributed by atoms with Crippen molar-refractivity contribution in [2.75, 3.05) is 11.9 Å². The molecule has 9 heteroatoms. The summed E-state index contributed by atoms with van der Waals surface area (Å²) >= 11 is 0. The molecule has 0 bridgehead atoms. The molecule has 0 radical (unpaired) electrons. The minimum Gasteiger partial charge on any atom is -0.437 e. The van der Waals surface area contributed by atoms with Crippen LogP contribution in [0.2, 0.25) is 0 Å². The molecule has 1 amide bonds. The first-order valence-electron chi connectivity index (χ1n) is 11.9. The Morgan fingerprint density at radius 1 is 1.22 bits per heavy atom. The Kier molecular flexibility index (Phi) is 6.09. The quantitative estimate of drug-likeness (QED) is 0.333. The summed E-state index contributed by atoms with van der Waals surface area (Å²) in [5.74, 6) is 0.137. The van der Waals surface area contributed by atoms with Gasteiger partial charge in [0.05, 0.1) is 17.6 Å². The molecule has 5 rings (SSSR count). The van der Waals surface area contributed by atoms with E-state index in [4.69, 9.17) is 10.5 Å². The number of ether oxygens (including phenoxy) is 1. The summed E-state index contributed by atoms with van der Waals surface area (Å²) in [6, 6.07) is 13.6. The van der Waals surface area contributed by atoms with Gasteiger partial charge in [-0.25, -0.2) is 13.9 Å². The average Bonchev–Trinajstić information content (AvgIpc) is 3.52. The SMILES string of the molecule is Cc1cc(-c2cnc3c(NCC(C)(C)N)cc(Oc4cccc(F)c4)nn23)ccc1C(=O)NC1CC1. The van der Waals surface area contributed by atoms with Gasteiger partial charge in [0.15, 0.2) is 5.65 Å². The molecule has 0 atom stereocenters. The number of rotatable bonds is 8. The summed E-state index contributed by atoms with van der Waals surface area (Å²) in [6.07, 6.45) is 3.80. The summed E-state index contributed by atoms with van der Waals surface area (Å²) in [5, 5.41) is 11.0. The molecule has 0 saturated heterocycles. The lowest BCUT2D eigenvalue weighted by atomic mass is 10.0. The summed E-state index contributed by atoms with van der Waals surface area (Å²) in [4.78, 5) is 17.2. The Hall–Kier alpha value is -3.98. The molecule has 4 N–H and O–H groups in total. The summed E-state index contributed by atoms with van der Waals surface area (Å²) in [5.41, 5.74) is 10.1. The fourth-order valence-corrected chi connectivity index (χ4v) is 3.87. The van der Waals surface area contributed by atoms with Crippen molar-refractivity contribution in [3.63, 3.8) is 0 Å². The van der Waals surface area contributed by atoms with Gasteiger partial charge in [-0.2, -0.15) is 0 Å². The number of anilines is 1. The van der Waals surface area contributed by atoms with E-state index in [1.807, 2.05) is 39.0 Å². The minimum absolute atomic E-state index is 0.0560. The largest absolute Gasteiger partial charge is 0.437 e. The molecule has 2 heterocycles. The molecule has 1 aliphatic carbocycles. The van der Waals surface area contributed by atoms with Crippen LogP contribution in [0.3, 0.4) is 0 Å². The van der Waals surface area contributed by atoms with E-state index in [0.29, 0.717) is 35.2 Å². The number of amides is 1. The van der Waals surface area contributed by atoms with E-state index in [1.54, 1.807) is 28.9 Å². The molecular weight excluding hydrogens is 459 g/mol. The van der Waals surface area contributed by atoms with Crippen molar-refractivity contribution in [1.82, 2.24) is 19.9 Å². The average molecular weight is 489 g/mol. The van der Waals surface area contributed by atoms with Crippen molar-refractivity contribution in [3.8, 4) is 22.9 Å². The minimum atomic E-state index is -0.465. The van der Waals surface area contributed by atoms with Gasteiger partial charge in [0.25, 0.3) is 5.91 Å². The van der Waals surface area contributed by atoms with Gasteiger partial charge < -0.3 is 21.1 Å². The first-order chi connectivity index (χ1) is 17.2. The number of benzene rings is 2. The second kappa shape index (κ2) is 9.23. The lowest BCUT2D eigenvalue weighted by Crippen LogP contribution is -2.39. The number of carbonyl (C=O) groups is 1. The van der Waals surface area contributed by atoms with Crippen LogP contribution in [0.1, 0.15) is 42.6 Å². The van der Waals surface area contributed by atoms with Crippen molar-refractivity contribution >= 4 is 17.2 Å². The molecule has 1 aliphatic rings. The monoisotopic (exact) mass is 488 g/mol. The van der Waals surface area contributed by atoms with E-state index in [9.17, 15) is 9.18 Å². The van der Waals surface area contributed by atoms with Crippen LogP contribution in [0.15, 0.2) is 54.7 Å². The van der Waals surface area contributed by atoms with E-state index in [0.717, 1.165) is 29.7 Å². The standard InChI is InChI=1S/C27H29FN6O2/c1-16-11-17(7-10-21(16)26(35)32-19-8-9-19)23-14-30-25-22(31-15-27(2,3)29)13-24(33-34(23)25)36-20-6-4-5-18(28)12-20/h4-7,10-14,19,31H,8-9,15,29H2,1-3H3,(H,32,35). The van der Waals surface area contributed by atoms with Gasteiger partial charge in [0.1, 0.15) is 11.6 Å². The number of aryl methyl sites for hydroxylation is 1. The molecule has 2 aromatic carbocycles. The second-order valence-electron chi connectivity index (χ2n) is 9.95. The maximum Gasteiger partial charge on any atom is 0.251 e. The van der Waals surface area contributed by atoms with Gasteiger partial charge in [-0.3, -0.25) is 4.79 Å². The normalized spacial score (nSPS) is 13.6. The number of hydrogen-bond donors (Lipinski definition) is 3. The summed E-state index contributed by atoms with van der Waals surface area (Å²) < 4.78 is 21.3. The zero-order chi connectivity index (χ0) is 25.4. The van der Waals surface area contributed by atoms with Crippen LogP contribution in [0.25, 0.3) is 16.9 Å². The lowest BCUT2D eigenvalue weighted by molar-refractivity contribution is 0.0950. The third-order valence-electron chi connectivity index (χ3n) is 5.88. The Morgan fingerprint density at radius 2 is 2.03 bits per heavy atom. The molecule has 36 heavy (non-hydrogen) atoms. The van der Waals surface area contributed by atoms with Crippen molar-refractivity contribution in [2.45, 2.75) is 45.2 Å². The molecule has 0 unspecified atom stereocenters. The summed E-state index contributed by atoms with van der Waals surface area (Å²) in [7, 11) is 0. The highest BCUT2D eigenvalue weighted by Gasteiger charge is 2.24. The molecule has 1 fully saturated rings. The topological polar surface area (TPSA) is 107 Å². The Labute approximate surface area is 208 Å². The van der Waals surface area contributed by atoms with Crippen molar-refractivity contribution in [3.05, 3.63) is 71.7 Å². The fraction of sp³-hybridized carbons (Fsp3) is 0.296. The van der Waals surface area contributed by atoms with Crippen LogP contribution in [0.4, 0.5) is 10.1 Å². The number of halogens is 1. The molecule has 8 nitrogen and oxygen atoms in total. The van der Waals surface area contributed by atoms with E-state index in [-0.39, 0.29) is 11.8 Å². The van der Waals surface area contributed by atoms with E-state index < -0.39 is 11.4 Å². The Morgan fingerprint density at radius 3 is 2.72 bits per heavy atom.